The number of sulfonamides is 2. The van der Waals surface area contributed by atoms with Crippen molar-refractivity contribution in [1.29, 1.82) is 0 Å². The number of para-hydroxylation sites is 1. The molecular weight excluding hydrogens is 342 g/mol. The molecule has 0 saturated carbocycles. The van der Waals surface area contributed by atoms with E-state index in [4.69, 9.17) is 0 Å². The number of carbonyl (C=O) groups is 1. The average Bonchev–Trinajstić information content (AvgIpc) is 2.67. The first-order valence-electron chi connectivity index (χ1n) is 7.10. The quantitative estimate of drug-likeness (QED) is 0.773. The fourth-order valence-electron chi connectivity index (χ4n) is 2.12. The van der Waals surface area contributed by atoms with Crippen molar-refractivity contribution in [3.63, 3.8) is 0 Å². The van der Waals surface area contributed by atoms with Crippen molar-refractivity contribution in [2.75, 3.05) is 35.9 Å². The number of nitrogens with one attached hydrogen (secondary N) is 2. The smallest absolute Gasteiger partial charge is 0.256 e. The van der Waals surface area contributed by atoms with Gasteiger partial charge in [-0.05, 0) is 19.1 Å². The number of nitrogens with zero attached hydrogens (tertiary/aromatic N) is 1. The molecule has 1 aliphatic heterocycles. The summed E-state index contributed by atoms with van der Waals surface area (Å²) in [5.74, 6) is -0.693. The number of rotatable bonds is 4. The van der Waals surface area contributed by atoms with Gasteiger partial charge in [0.15, 0.2) is 0 Å². The summed E-state index contributed by atoms with van der Waals surface area (Å²) in [6.07, 6.45) is 0. The number of hydrogen-bond donors (Lipinski definition) is 2. The molecule has 8 nitrogen and oxygen atoms in total. The fourth-order valence-corrected chi connectivity index (χ4v) is 3.79. The van der Waals surface area contributed by atoms with Gasteiger partial charge in [-0.1, -0.05) is 12.1 Å². The second-order valence-electron chi connectivity index (χ2n) is 5.06. The molecule has 2 N–H and O–H groups in total. The lowest BCUT2D eigenvalue weighted by molar-refractivity contribution is 0.0773. The molecule has 128 valence electrons. The van der Waals surface area contributed by atoms with Crippen LogP contribution < -0.4 is 9.44 Å². The van der Waals surface area contributed by atoms with E-state index in [0.717, 1.165) is 0 Å². The van der Waals surface area contributed by atoms with Crippen LogP contribution in [0.2, 0.25) is 0 Å². The van der Waals surface area contributed by atoms with Gasteiger partial charge in [0.25, 0.3) is 5.91 Å². The maximum atomic E-state index is 12.6. The molecule has 1 aliphatic rings. The van der Waals surface area contributed by atoms with E-state index in [-0.39, 0.29) is 42.4 Å². The van der Waals surface area contributed by atoms with E-state index in [1.165, 1.54) is 24.0 Å². The Balaban J connectivity index is 2.26. The Hall–Kier alpha value is -1.65. The van der Waals surface area contributed by atoms with Crippen molar-refractivity contribution in [2.45, 2.75) is 6.92 Å². The van der Waals surface area contributed by atoms with Crippen molar-refractivity contribution in [3.8, 4) is 0 Å². The predicted octanol–water partition coefficient (Wildman–Crippen LogP) is -0.177. The lowest BCUT2D eigenvalue weighted by Crippen LogP contribution is -2.35. The minimum atomic E-state index is -3.51. The van der Waals surface area contributed by atoms with Gasteiger partial charge in [0.2, 0.25) is 20.0 Å². The van der Waals surface area contributed by atoms with Crippen molar-refractivity contribution in [2.24, 2.45) is 0 Å². The molecule has 0 bridgehead atoms. The van der Waals surface area contributed by atoms with Gasteiger partial charge >= 0.3 is 0 Å². The molecule has 0 atom stereocenters. The molecule has 23 heavy (non-hydrogen) atoms. The van der Waals surface area contributed by atoms with Crippen molar-refractivity contribution in [3.05, 3.63) is 29.8 Å². The summed E-state index contributed by atoms with van der Waals surface area (Å²) in [4.78, 5) is 14.0. The van der Waals surface area contributed by atoms with E-state index >= 15 is 0 Å². The number of amides is 1. The summed E-state index contributed by atoms with van der Waals surface area (Å²) in [5, 5.41) is 0. The van der Waals surface area contributed by atoms with Crippen LogP contribution in [0.1, 0.15) is 17.3 Å². The Bertz CT molecular complexity index is 790. The Morgan fingerprint density at radius 2 is 2.00 bits per heavy atom. The van der Waals surface area contributed by atoms with E-state index in [0.29, 0.717) is 0 Å². The standard InChI is InChI=1S/C13H19N3O5S2/c1-2-22(18,19)15-12-6-4-3-5-11(12)13(17)16-8-7-14-23(20,21)10-9-16/h3-6,14-15H,2,7-10H2,1H3. The second kappa shape index (κ2) is 6.85. The van der Waals surface area contributed by atoms with Gasteiger partial charge in [0.05, 0.1) is 22.8 Å². The lowest BCUT2D eigenvalue weighted by atomic mass is 10.1. The number of hydrogen-bond acceptors (Lipinski definition) is 5. The topological polar surface area (TPSA) is 113 Å². The molecule has 0 aromatic heterocycles. The highest BCUT2D eigenvalue weighted by Crippen LogP contribution is 2.19. The zero-order valence-corrected chi connectivity index (χ0v) is 14.3. The van der Waals surface area contributed by atoms with Crippen LogP contribution in [-0.4, -0.2) is 58.8 Å². The fraction of sp³-hybridized carbons (Fsp3) is 0.462. The highest BCUT2D eigenvalue weighted by atomic mass is 32.2. The maximum absolute atomic E-state index is 12.6. The summed E-state index contributed by atoms with van der Waals surface area (Å²) in [5.41, 5.74) is 0.392. The van der Waals surface area contributed by atoms with Crippen molar-refractivity contribution >= 4 is 31.6 Å². The molecule has 1 saturated heterocycles. The molecule has 1 heterocycles. The SMILES string of the molecule is CCS(=O)(=O)Nc1ccccc1C(=O)N1CCNS(=O)(=O)CC1. The van der Waals surface area contributed by atoms with Gasteiger partial charge in [0.1, 0.15) is 0 Å². The molecule has 10 heteroatoms. The molecule has 0 spiro atoms. The number of carbonyl (C=O) groups excluding carboxylic acids is 1. The van der Waals surface area contributed by atoms with Crippen LogP contribution in [0.4, 0.5) is 5.69 Å². The molecular formula is C13H19N3O5S2. The molecule has 0 unspecified atom stereocenters. The monoisotopic (exact) mass is 361 g/mol. The lowest BCUT2D eigenvalue weighted by Gasteiger charge is -2.21. The molecule has 0 aliphatic carbocycles. The summed E-state index contributed by atoms with van der Waals surface area (Å²) in [6.45, 7) is 1.92. The van der Waals surface area contributed by atoms with Crippen LogP contribution in [0.3, 0.4) is 0 Å². The molecule has 1 aromatic carbocycles. The van der Waals surface area contributed by atoms with Crippen LogP contribution in [-0.2, 0) is 20.0 Å². The van der Waals surface area contributed by atoms with E-state index < -0.39 is 26.0 Å². The predicted molar refractivity (Wildman–Crippen MR) is 87.2 cm³/mol. The van der Waals surface area contributed by atoms with Gasteiger partial charge in [-0.15, -0.1) is 0 Å². The third-order valence-electron chi connectivity index (χ3n) is 3.42. The third-order valence-corrected chi connectivity index (χ3v) is 6.08. The molecule has 2 rings (SSSR count). The first-order chi connectivity index (χ1) is 10.7. The maximum Gasteiger partial charge on any atom is 0.256 e. The van der Waals surface area contributed by atoms with E-state index in [9.17, 15) is 21.6 Å². The summed E-state index contributed by atoms with van der Waals surface area (Å²) < 4.78 is 51.3. The van der Waals surface area contributed by atoms with Crippen LogP contribution in [0, 0.1) is 0 Å². The summed E-state index contributed by atoms with van der Waals surface area (Å²) in [7, 11) is -6.88. The summed E-state index contributed by atoms with van der Waals surface area (Å²) >= 11 is 0. The van der Waals surface area contributed by atoms with Gasteiger partial charge < -0.3 is 4.90 Å². The van der Waals surface area contributed by atoms with Crippen LogP contribution >= 0.6 is 0 Å². The molecule has 1 amide bonds. The van der Waals surface area contributed by atoms with Crippen LogP contribution in [0.15, 0.2) is 24.3 Å². The zero-order valence-electron chi connectivity index (χ0n) is 12.6. The summed E-state index contributed by atoms with van der Waals surface area (Å²) in [6, 6.07) is 6.28. The Morgan fingerprint density at radius 3 is 2.70 bits per heavy atom. The average molecular weight is 361 g/mol. The van der Waals surface area contributed by atoms with Crippen molar-refractivity contribution < 1.29 is 21.6 Å². The Labute approximate surface area is 136 Å². The minimum absolute atomic E-state index is 0.0586. The normalized spacial score (nSPS) is 18.2. The Kier molecular flexibility index (Phi) is 5.27. The third kappa shape index (κ3) is 4.66. The second-order valence-corrected chi connectivity index (χ2v) is 8.99. The van der Waals surface area contributed by atoms with Gasteiger partial charge in [-0.2, -0.15) is 0 Å². The highest BCUT2D eigenvalue weighted by Gasteiger charge is 2.25. The number of anilines is 1. The van der Waals surface area contributed by atoms with Crippen LogP contribution in [0.5, 0.6) is 0 Å². The molecule has 1 aromatic rings. The molecule has 0 radical (unpaired) electrons. The molecule has 1 fully saturated rings. The zero-order chi connectivity index (χ0) is 17.1. The highest BCUT2D eigenvalue weighted by molar-refractivity contribution is 7.92. The Morgan fingerprint density at radius 1 is 1.30 bits per heavy atom. The minimum Gasteiger partial charge on any atom is -0.336 e. The van der Waals surface area contributed by atoms with Crippen molar-refractivity contribution in [1.82, 2.24) is 9.62 Å². The number of benzene rings is 1. The van der Waals surface area contributed by atoms with Gasteiger partial charge in [-0.25, -0.2) is 21.6 Å². The van der Waals surface area contributed by atoms with Crippen LogP contribution in [0.25, 0.3) is 0 Å². The largest absolute Gasteiger partial charge is 0.336 e. The van der Waals surface area contributed by atoms with Gasteiger partial charge in [0, 0.05) is 19.6 Å². The van der Waals surface area contributed by atoms with E-state index in [1.807, 2.05) is 0 Å². The first kappa shape index (κ1) is 17.7. The van der Waals surface area contributed by atoms with Gasteiger partial charge in [-0.3, -0.25) is 9.52 Å². The first-order valence-corrected chi connectivity index (χ1v) is 10.4. The van der Waals surface area contributed by atoms with E-state index in [2.05, 4.69) is 9.44 Å². The van der Waals surface area contributed by atoms with E-state index in [1.54, 1.807) is 12.1 Å².